The summed E-state index contributed by atoms with van der Waals surface area (Å²) in [6.07, 6.45) is 2.22. The Morgan fingerprint density at radius 3 is 2.35 bits per heavy atom. The summed E-state index contributed by atoms with van der Waals surface area (Å²) in [7, 11) is 0. The van der Waals surface area contributed by atoms with Gasteiger partial charge in [-0.25, -0.2) is 8.78 Å². The molecule has 3 atom stereocenters. The number of amides is 1. The molecule has 2 aromatic rings. The summed E-state index contributed by atoms with van der Waals surface area (Å²) < 4.78 is 38.2. The molecule has 2 N–H and O–H groups in total. The second-order valence-corrected chi connectivity index (χ2v) is 7.39. The number of aliphatic hydroxyl groups is 1. The maximum Gasteiger partial charge on any atom is 0.286 e. The van der Waals surface area contributed by atoms with Crippen LogP contribution >= 0.6 is 0 Å². The molecule has 3 rings (SSSR count). The van der Waals surface area contributed by atoms with Crippen molar-refractivity contribution in [2.75, 3.05) is 13.2 Å². The van der Waals surface area contributed by atoms with Gasteiger partial charge in [0.15, 0.2) is 5.76 Å². The Hall–Kier alpha value is -2.77. The van der Waals surface area contributed by atoms with Crippen molar-refractivity contribution in [2.24, 2.45) is 5.92 Å². The lowest BCUT2D eigenvalue weighted by Crippen LogP contribution is -2.39. The van der Waals surface area contributed by atoms with Gasteiger partial charge in [0.1, 0.15) is 11.6 Å². The van der Waals surface area contributed by atoms with Gasteiger partial charge < -0.3 is 19.9 Å². The second-order valence-electron chi connectivity index (χ2n) is 7.39. The molecule has 166 valence electrons. The van der Waals surface area contributed by atoms with Crippen LogP contribution in [0.1, 0.15) is 36.8 Å². The van der Waals surface area contributed by atoms with Crippen LogP contribution in [0.2, 0.25) is 0 Å². The Labute approximate surface area is 180 Å². The summed E-state index contributed by atoms with van der Waals surface area (Å²) in [4.78, 5) is 12.8. The summed E-state index contributed by atoms with van der Waals surface area (Å²) in [5, 5.41) is 12.1. The molecule has 0 aromatic heterocycles. The molecule has 0 aliphatic carbocycles. The zero-order chi connectivity index (χ0) is 22.2. The summed E-state index contributed by atoms with van der Waals surface area (Å²) >= 11 is 0. The largest absolute Gasteiger partial charge is 0.459 e. The molecule has 0 bridgehead atoms. The molecule has 1 aliphatic rings. The molecule has 31 heavy (non-hydrogen) atoms. The molecule has 1 amide bonds. The van der Waals surface area contributed by atoms with Crippen LogP contribution < -0.4 is 5.32 Å². The minimum absolute atomic E-state index is 0.0280. The van der Waals surface area contributed by atoms with E-state index in [9.17, 15) is 18.7 Å². The van der Waals surface area contributed by atoms with Gasteiger partial charge >= 0.3 is 0 Å². The lowest BCUT2D eigenvalue weighted by atomic mass is 9.80. The summed E-state index contributed by atoms with van der Waals surface area (Å²) in [5.41, 5.74) is 1.59. The molecule has 0 fully saturated rings. The van der Waals surface area contributed by atoms with Crippen molar-refractivity contribution >= 4 is 5.91 Å². The van der Waals surface area contributed by atoms with E-state index < -0.39 is 12.2 Å². The maximum atomic E-state index is 13.5. The van der Waals surface area contributed by atoms with Gasteiger partial charge in [0, 0.05) is 31.6 Å². The molecule has 0 spiro atoms. The van der Waals surface area contributed by atoms with Crippen molar-refractivity contribution < 1.29 is 28.2 Å². The summed E-state index contributed by atoms with van der Waals surface area (Å²) in [5.74, 6) is -1.37. The SMILES string of the molecule is CCO[C@@H]1OC(C(=O)NCc2ccc(F)cc2)=C[C@H](c2ccc(F)cc2)[C@H]1CCCO. The van der Waals surface area contributed by atoms with Crippen LogP contribution in [0.15, 0.2) is 60.4 Å². The van der Waals surface area contributed by atoms with E-state index in [-0.39, 0.29) is 42.4 Å². The van der Waals surface area contributed by atoms with Crippen LogP contribution in [-0.4, -0.2) is 30.5 Å². The first-order chi connectivity index (χ1) is 15.0. The number of halogens is 2. The van der Waals surface area contributed by atoms with E-state index in [0.717, 1.165) is 11.1 Å². The fraction of sp³-hybridized carbons (Fsp3) is 0.375. The molecule has 1 heterocycles. The Morgan fingerprint density at radius 2 is 1.74 bits per heavy atom. The third kappa shape index (κ3) is 6.12. The number of allylic oxidation sites excluding steroid dienone is 1. The number of benzene rings is 2. The standard InChI is InChI=1S/C24H27F2NO4/c1-2-30-24-20(4-3-13-28)21(17-7-11-19(26)12-8-17)14-22(31-24)23(29)27-15-16-5-9-18(25)10-6-16/h5-12,14,20-21,24,28H,2-4,13,15H2,1H3,(H,27,29)/t20-,21-,24-/m1/s1. The molecule has 0 unspecified atom stereocenters. The van der Waals surface area contributed by atoms with Gasteiger partial charge in [0.2, 0.25) is 6.29 Å². The predicted molar refractivity (Wildman–Crippen MR) is 112 cm³/mol. The highest BCUT2D eigenvalue weighted by Gasteiger charge is 2.37. The van der Waals surface area contributed by atoms with E-state index in [1.165, 1.54) is 24.3 Å². The number of carbonyl (C=O) groups is 1. The van der Waals surface area contributed by atoms with Crippen molar-refractivity contribution in [3.8, 4) is 0 Å². The minimum atomic E-state index is -0.678. The molecule has 0 saturated heterocycles. The molecule has 0 radical (unpaired) electrons. The van der Waals surface area contributed by atoms with E-state index in [0.29, 0.717) is 19.4 Å². The Morgan fingerprint density at radius 1 is 1.10 bits per heavy atom. The molecule has 7 heteroatoms. The lowest BCUT2D eigenvalue weighted by Gasteiger charge is -2.37. The first-order valence-corrected chi connectivity index (χ1v) is 10.4. The number of nitrogens with one attached hydrogen (secondary N) is 1. The van der Waals surface area contributed by atoms with E-state index >= 15 is 0 Å². The molecule has 1 aliphatic heterocycles. The fourth-order valence-electron chi connectivity index (χ4n) is 3.70. The van der Waals surface area contributed by atoms with Gasteiger partial charge in [0.25, 0.3) is 5.91 Å². The third-order valence-corrected chi connectivity index (χ3v) is 5.26. The van der Waals surface area contributed by atoms with Crippen LogP contribution in [0.4, 0.5) is 8.78 Å². The number of ether oxygens (including phenoxy) is 2. The van der Waals surface area contributed by atoms with E-state index in [1.54, 1.807) is 30.3 Å². The smallest absolute Gasteiger partial charge is 0.286 e. The van der Waals surface area contributed by atoms with Crippen molar-refractivity contribution in [1.29, 1.82) is 0 Å². The zero-order valence-electron chi connectivity index (χ0n) is 17.4. The average Bonchev–Trinajstić information content (AvgIpc) is 2.78. The van der Waals surface area contributed by atoms with E-state index in [2.05, 4.69) is 5.32 Å². The molecule has 0 saturated carbocycles. The first-order valence-electron chi connectivity index (χ1n) is 10.4. The third-order valence-electron chi connectivity index (χ3n) is 5.26. The summed E-state index contributed by atoms with van der Waals surface area (Å²) in [6.45, 7) is 2.47. The van der Waals surface area contributed by atoms with E-state index in [4.69, 9.17) is 9.47 Å². The van der Waals surface area contributed by atoms with Gasteiger partial charge in [-0.2, -0.15) is 0 Å². The Balaban J connectivity index is 1.83. The van der Waals surface area contributed by atoms with E-state index in [1.807, 2.05) is 6.92 Å². The summed E-state index contributed by atoms with van der Waals surface area (Å²) in [6, 6.07) is 12.0. The molecule has 5 nitrogen and oxygen atoms in total. The van der Waals surface area contributed by atoms with Crippen molar-refractivity contribution in [3.05, 3.63) is 83.1 Å². The second kappa shape index (κ2) is 11.0. The van der Waals surface area contributed by atoms with Crippen LogP contribution in [0.5, 0.6) is 0 Å². The van der Waals surface area contributed by atoms with Gasteiger partial charge in [-0.05, 0) is 61.2 Å². The first kappa shape index (κ1) is 22.9. The van der Waals surface area contributed by atoms with Crippen molar-refractivity contribution in [2.45, 2.75) is 38.5 Å². The van der Waals surface area contributed by atoms with Gasteiger partial charge in [-0.15, -0.1) is 0 Å². The quantitative estimate of drug-likeness (QED) is 0.629. The monoisotopic (exact) mass is 431 g/mol. The van der Waals surface area contributed by atoms with Gasteiger partial charge in [-0.3, -0.25) is 4.79 Å². The fourth-order valence-corrected chi connectivity index (χ4v) is 3.70. The number of carbonyl (C=O) groups excluding carboxylic acids is 1. The topological polar surface area (TPSA) is 67.8 Å². The van der Waals surface area contributed by atoms with Gasteiger partial charge in [-0.1, -0.05) is 24.3 Å². The Bertz CT molecular complexity index is 883. The highest BCUT2D eigenvalue weighted by molar-refractivity contribution is 5.91. The average molecular weight is 431 g/mol. The normalized spacial score (nSPS) is 20.6. The maximum absolute atomic E-state index is 13.5. The number of rotatable bonds is 9. The highest BCUT2D eigenvalue weighted by atomic mass is 19.1. The minimum Gasteiger partial charge on any atom is -0.459 e. The Kier molecular flexibility index (Phi) is 8.14. The van der Waals surface area contributed by atoms with Crippen LogP contribution in [-0.2, 0) is 20.8 Å². The van der Waals surface area contributed by atoms with Crippen LogP contribution in [0, 0.1) is 17.6 Å². The van der Waals surface area contributed by atoms with Crippen LogP contribution in [0.3, 0.4) is 0 Å². The van der Waals surface area contributed by atoms with Crippen molar-refractivity contribution in [1.82, 2.24) is 5.32 Å². The number of hydrogen-bond donors (Lipinski definition) is 2. The lowest BCUT2D eigenvalue weighted by molar-refractivity contribution is -0.166. The molecular weight excluding hydrogens is 404 g/mol. The van der Waals surface area contributed by atoms with Crippen molar-refractivity contribution in [3.63, 3.8) is 0 Å². The van der Waals surface area contributed by atoms with Crippen LogP contribution in [0.25, 0.3) is 0 Å². The number of hydrogen-bond acceptors (Lipinski definition) is 4. The molecule has 2 aromatic carbocycles. The predicted octanol–water partition coefficient (Wildman–Crippen LogP) is 4.03. The number of aliphatic hydroxyl groups excluding tert-OH is 1. The highest BCUT2D eigenvalue weighted by Crippen LogP contribution is 2.39. The molecular formula is C24H27F2NO4. The zero-order valence-corrected chi connectivity index (χ0v) is 17.4. The van der Waals surface area contributed by atoms with Gasteiger partial charge in [0.05, 0.1) is 0 Å².